The van der Waals surface area contributed by atoms with Gasteiger partial charge in [-0.3, -0.25) is 9.59 Å². The van der Waals surface area contributed by atoms with Crippen molar-refractivity contribution < 1.29 is 24.5 Å². The number of ether oxygens (including phenoxy) is 1. The summed E-state index contributed by atoms with van der Waals surface area (Å²) in [5.41, 5.74) is 0. The number of aldehydes is 1. The van der Waals surface area contributed by atoms with Gasteiger partial charge in [0.15, 0.2) is 12.4 Å². The molecule has 0 spiro atoms. The Kier molecular flexibility index (Phi) is 5.25. The minimum Gasteiger partial charge on any atom is -0.455 e. The normalized spacial score (nSPS) is 17.2. The minimum absolute atomic E-state index is 0.0826. The fraction of sp³-hybridized carbons (Fsp3) is 0.750. The second-order valence-electron chi connectivity index (χ2n) is 2.83. The first-order valence-corrected chi connectivity index (χ1v) is 3.96. The molecule has 0 radical (unpaired) electrons. The maximum Gasteiger partial charge on any atom is 0.303 e. The van der Waals surface area contributed by atoms with Crippen molar-refractivity contribution in [3.8, 4) is 0 Å². The molecule has 5 heteroatoms. The van der Waals surface area contributed by atoms with Gasteiger partial charge in [0.1, 0.15) is 0 Å². The third kappa shape index (κ3) is 5.32. The van der Waals surface area contributed by atoms with Crippen molar-refractivity contribution >= 4 is 12.3 Å². The Bertz CT molecular complexity index is 177. The number of rotatable bonds is 5. The lowest BCUT2D eigenvalue weighted by atomic mass is 10.1. The predicted molar refractivity (Wildman–Crippen MR) is 43.9 cm³/mol. The number of hydrogen-bond donors (Lipinski definition) is 2. The van der Waals surface area contributed by atoms with Gasteiger partial charge in [-0.25, -0.2) is 0 Å². The highest BCUT2D eigenvalue weighted by atomic mass is 16.5. The van der Waals surface area contributed by atoms with Gasteiger partial charge in [0.25, 0.3) is 0 Å². The van der Waals surface area contributed by atoms with E-state index in [2.05, 4.69) is 4.74 Å². The van der Waals surface area contributed by atoms with Crippen LogP contribution in [0.2, 0.25) is 0 Å². The van der Waals surface area contributed by atoms with Crippen molar-refractivity contribution in [2.75, 3.05) is 0 Å². The van der Waals surface area contributed by atoms with Crippen LogP contribution in [0, 0.1) is 0 Å². The molecular formula is C8H14O5. The molecular weight excluding hydrogens is 176 g/mol. The average Bonchev–Trinajstić information content (AvgIpc) is 2.02. The Morgan fingerprint density at radius 1 is 1.54 bits per heavy atom. The molecule has 0 rings (SSSR count). The fourth-order valence-corrected chi connectivity index (χ4v) is 0.780. The van der Waals surface area contributed by atoms with Crippen LogP contribution in [0.5, 0.6) is 0 Å². The summed E-state index contributed by atoms with van der Waals surface area (Å²) in [6.45, 7) is 2.56. The van der Waals surface area contributed by atoms with Crippen LogP contribution in [-0.4, -0.2) is 40.8 Å². The highest BCUT2D eigenvalue weighted by Gasteiger charge is 2.19. The zero-order chi connectivity index (χ0) is 10.4. The van der Waals surface area contributed by atoms with Crippen molar-refractivity contribution in [3.05, 3.63) is 0 Å². The van der Waals surface area contributed by atoms with E-state index in [0.717, 1.165) is 0 Å². The molecule has 5 nitrogen and oxygen atoms in total. The van der Waals surface area contributed by atoms with E-state index >= 15 is 0 Å². The number of aliphatic hydroxyl groups excluding tert-OH is 2. The molecule has 0 aliphatic heterocycles. The lowest BCUT2D eigenvalue weighted by Gasteiger charge is -2.17. The van der Waals surface area contributed by atoms with Gasteiger partial charge in [0.2, 0.25) is 0 Å². The number of esters is 1. The number of carbonyl (C=O) groups excluding carboxylic acids is 2. The molecule has 0 unspecified atom stereocenters. The Balaban J connectivity index is 3.97. The molecule has 0 fully saturated rings. The van der Waals surface area contributed by atoms with Crippen LogP contribution in [0.15, 0.2) is 0 Å². The summed E-state index contributed by atoms with van der Waals surface area (Å²) in [5.74, 6) is -0.588. The summed E-state index contributed by atoms with van der Waals surface area (Å²) in [6, 6.07) is 0. The van der Waals surface area contributed by atoms with Gasteiger partial charge in [-0.1, -0.05) is 0 Å². The van der Waals surface area contributed by atoms with Crippen molar-refractivity contribution in [3.63, 3.8) is 0 Å². The second-order valence-corrected chi connectivity index (χ2v) is 2.83. The Hall–Kier alpha value is -0.940. The summed E-state index contributed by atoms with van der Waals surface area (Å²) in [6.07, 6.45) is -2.65. The van der Waals surface area contributed by atoms with Gasteiger partial charge >= 0.3 is 5.97 Å². The largest absolute Gasteiger partial charge is 0.455 e. The van der Waals surface area contributed by atoms with Gasteiger partial charge < -0.3 is 14.9 Å². The Morgan fingerprint density at radius 3 is 2.38 bits per heavy atom. The fourth-order valence-electron chi connectivity index (χ4n) is 0.780. The van der Waals surface area contributed by atoms with Crippen molar-refractivity contribution in [2.45, 2.75) is 38.6 Å². The molecule has 0 aromatic heterocycles. The Labute approximate surface area is 76.3 Å². The summed E-state index contributed by atoms with van der Waals surface area (Å²) in [5, 5.41) is 18.0. The lowest BCUT2D eigenvalue weighted by Crippen LogP contribution is -2.30. The number of aliphatic hydroxyl groups is 2. The van der Waals surface area contributed by atoms with E-state index in [1.165, 1.54) is 13.8 Å². The van der Waals surface area contributed by atoms with Crippen LogP contribution in [0.3, 0.4) is 0 Å². The molecule has 0 aromatic carbocycles. The molecule has 0 aromatic rings. The first-order valence-electron chi connectivity index (χ1n) is 3.96. The molecule has 0 heterocycles. The van der Waals surface area contributed by atoms with Crippen molar-refractivity contribution in [1.82, 2.24) is 0 Å². The lowest BCUT2D eigenvalue weighted by molar-refractivity contribution is -0.151. The molecule has 3 atom stereocenters. The van der Waals surface area contributed by atoms with E-state index in [1.807, 2.05) is 0 Å². The molecule has 76 valence electrons. The minimum atomic E-state index is -1.06. The summed E-state index contributed by atoms with van der Waals surface area (Å²) < 4.78 is 4.54. The van der Waals surface area contributed by atoms with Gasteiger partial charge in [-0.05, 0) is 6.92 Å². The monoisotopic (exact) mass is 190 g/mol. The average molecular weight is 190 g/mol. The standard InChI is InChI=1S/C8H14O5/c1-5(10)8(12)3-7(4-9)13-6(2)11/h4-5,7-8,10,12H,3H2,1-2H3/t5-,7-,8-/m1/s1. The van der Waals surface area contributed by atoms with Gasteiger partial charge in [0, 0.05) is 13.3 Å². The highest BCUT2D eigenvalue weighted by Crippen LogP contribution is 2.04. The molecule has 0 aliphatic rings. The van der Waals surface area contributed by atoms with Crippen LogP contribution < -0.4 is 0 Å². The van der Waals surface area contributed by atoms with E-state index in [-0.39, 0.29) is 6.42 Å². The Morgan fingerprint density at radius 2 is 2.08 bits per heavy atom. The van der Waals surface area contributed by atoms with Crippen LogP contribution >= 0.6 is 0 Å². The predicted octanol–water partition coefficient (Wildman–Crippen LogP) is -0.751. The molecule has 0 saturated carbocycles. The molecule has 0 bridgehead atoms. The smallest absolute Gasteiger partial charge is 0.303 e. The summed E-state index contributed by atoms with van der Waals surface area (Å²) >= 11 is 0. The van der Waals surface area contributed by atoms with Gasteiger partial charge in [-0.15, -0.1) is 0 Å². The van der Waals surface area contributed by atoms with Crippen LogP contribution in [0.1, 0.15) is 20.3 Å². The van der Waals surface area contributed by atoms with Gasteiger partial charge in [0.05, 0.1) is 12.2 Å². The summed E-state index contributed by atoms with van der Waals surface area (Å²) in [7, 11) is 0. The third-order valence-electron chi connectivity index (χ3n) is 1.50. The van der Waals surface area contributed by atoms with Crippen molar-refractivity contribution in [2.24, 2.45) is 0 Å². The number of carbonyl (C=O) groups is 2. The molecule has 0 aliphatic carbocycles. The molecule has 0 saturated heterocycles. The third-order valence-corrected chi connectivity index (χ3v) is 1.50. The van der Waals surface area contributed by atoms with E-state index in [0.29, 0.717) is 6.29 Å². The SMILES string of the molecule is CC(=O)O[C@@H](C=O)C[C@@H](O)[C@@H](C)O. The maximum atomic E-state index is 10.4. The summed E-state index contributed by atoms with van der Waals surface area (Å²) in [4.78, 5) is 20.8. The number of hydrogen-bond acceptors (Lipinski definition) is 5. The van der Waals surface area contributed by atoms with Gasteiger partial charge in [-0.2, -0.15) is 0 Å². The first-order chi connectivity index (χ1) is 5.97. The van der Waals surface area contributed by atoms with Crippen LogP contribution in [0.4, 0.5) is 0 Å². The molecule has 13 heavy (non-hydrogen) atoms. The van der Waals surface area contributed by atoms with E-state index in [1.54, 1.807) is 0 Å². The quantitative estimate of drug-likeness (QED) is 0.440. The first kappa shape index (κ1) is 12.1. The zero-order valence-electron chi connectivity index (χ0n) is 7.64. The maximum absolute atomic E-state index is 10.4. The molecule has 2 N–H and O–H groups in total. The highest BCUT2D eigenvalue weighted by molar-refractivity contribution is 5.69. The molecule has 0 amide bonds. The van der Waals surface area contributed by atoms with Crippen LogP contribution in [0.25, 0.3) is 0 Å². The van der Waals surface area contributed by atoms with E-state index in [4.69, 9.17) is 10.2 Å². The van der Waals surface area contributed by atoms with Crippen LogP contribution in [-0.2, 0) is 14.3 Å². The second kappa shape index (κ2) is 5.66. The zero-order valence-corrected chi connectivity index (χ0v) is 7.64. The van der Waals surface area contributed by atoms with E-state index in [9.17, 15) is 9.59 Å². The van der Waals surface area contributed by atoms with Crippen molar-refractivity contribution in [1.29, 1.82) is 0 Å². The topological polar surface area (TPSA) is 83.8 Å². The van der Waals surface area contributed by atoms with E-state index < -0.39 is 24.3 Å².